The van der Waals surface area contributed by atoms with Crippen molar-refractivity contribution in [2.45, 2.75) is 65.6 Å². The Bertz CT molecular complexity index is 2700. The van der Waals surface area contributed by atoms with Crippen LogP contribution in [0.3, 0.4) is 0 Å². The van der Waals surface area contributed by atoms with Gasteiger partial charge in [-0.15, -0.1) is 0 Å². The summed E-state index contributed by atoms with van der Waals surface area (Å²) < 4.78 is 15.7. The van der Waals surface area contributed by atoms with E-state index >= 15 is 0 Å². The Kier molecular flexibility index (Phi) is 8.79. The van der Waals surface area contributed by atoms with Crippen LogP contribution < -0.4 is 0 Å². The van der Waals surface area contributed by atoms with Crippen molar-refractivity contribution in [3.63, 3.8) is 0 Å². The molecule has 6 aromatic rings. The lowest BCUT2D eigenvalue weighted by molar-refractivity contribution is -0.548. The minimum absolute atomic E-state index is 0.422. The molecule has 2 unspecified atom stereocenters. The number of imidazole rings is 1. The van der Waals surface area contributed by atoms with E-state index < -0.39 is 0 Å². The van der Waals surface area contributed by atoms with Crippen LogP contribution in [0, 0.1) is 0 Å². The molecule has 0 radical (unpaired) electrons. The number of likely N-dealkylation sites (N-methyl/N-ethyl adjacent to an activating group) is 1. The lowest BCUT2D eigenvalue weighted by Crippen LogP contribution is -2.40. The zero-order chi connectivity index (χ0) is 38.8. The molecule has 2 atom stereocenters. The molecule has 12 heterocycles. The van der Waals surface area contributed by atoms with Crippen molar-refractivity contribution in [2.24, 2.45) is 4.99 Å². The lowest BCUT2D eigenvalue weighted by atomic mass is 10.1. The van der Waals surface area contributed by atoms with Crippen LogP contribution in [0.1, 0.15) is 50.9 Å². The Morgan fingerprint density at radius 2 is 1.38 bits per heavy atom. The fourth-order valence-electron chi connectivity index (χ4n) is 8.96. The Labute approximate surface area is 328 Å². The van der Waals surface area contributed by atoms with Crippen LogP contribution in [0.5, 0.6) is 0 Å². The molecule has 0 spiro atoms. The van der Waals surface area contributed by atoms with Gasteiger partial charge >= 0.3 is 5.82 Å². The van der Waals surface area contributed by atoms with Gasteiger partial charge in [-0.1, -0.05) is 24.3 Å². The summed E-state index contributed by atoms with van der Waals surface area (Å²) in [5.74, 6) is 2.22. The second-order valence-corrected chi connectivity index (χ2v) is 15.8. The Balaban J connectivity index is 0.0000000975. The van der Waals surface area contributed by atoms with Crippen LogP contribution in [0.4, 0.5) is 17.2 Å². The third kappa shape index (κ3) is 5.86. The summed E-state index contributed by atoms with van der Waals surface area (Å²) in [5, 5.41) is 0. The molecule has 0 bridgehead atoms. The first-order chi connectivity index (χ1) is 27.1. The third-order valence-electron chi connectivity index (χ3n) is 12.4. The molecular formula is C46H52N10+4. The molecule has 56 heavy (non-hydrogen) atoms. The maximum atomic E-state index is 4.71. The van der Waals surface area contributed by atoms with Crippen LogP contribution in [-0.2, 0) is 19.3 Å². The van der Waals surface area contributed by atoms with E-state index in [4.69, 9.17) is 4.99 Å². The van der Waals surface area contributed by atoms with Crippen molar-refractivity contribution in [3.8, 4) is 0 Å². The number of aliphatic imine (C=N–C) groups is 1. The highest BCUT2D eigenvalue weighted by Gasteiger charge is 2.47. The first-order valence-electron chi connectivity index (χ1n) is 19.7. The van der Waals surface area contributed by atoms with Crippen LogP contribution >= 0.6 is 0 Å². The topological polar surface area (TPSA) is 53.8 Å². The molecule has 0 aromatic carbocycles. The van der Waals surface area contributed by atoms with E-state index in [0.29, 0.717) is 12.2 Å². The summed E-state index contributed by atoms with van der Waals surface area (Å²) in [6.45, 7) is 8.73. The molecule has 282 valence electrons. The molecule has 6 aliphatic rings. The van der Waals surface area contributed by atoms with Gasteiger partial charge in [0, 0.05) is 57.8 Å². The van der Waals surface area contributed by atoms with E-state index in [1.807, 2.05) is 24.3 Å². The highest BCUT2D eigenvalue weighted by atomic mass is 15.4. The number of hydrogen-bond acceptors (Lipinski definition) is 3. The van der Waals surface area contributed by atoms with Gasteiger partial charge in [0.2, 0.25) is 11.4 Å². The van der Waals surface area contributed by atoms with E-state index in [1.54, 1.807) is 0 Å². The van der Waals surface area contributed by atoms with Crippen molar-refractivity contribution in [1.29, 1.82) is 0 Å². The largest absolute Gasteiger partial charge is 0.345 e. The van der Waals surface area contributed by atoms with Crippen molar-refractivity contribution in [2.75, 3.05) is 28.2 Å². The van der Waals surface area contributed by atoms with E-state index in [0.717, 1.165) is 43.0 Å². The molecule has 0 N–H and O–H groups in total. The molecule has 6 aromatic heterocycles. The van der Waals surface area contributed by atoms with Gasteiger partial charge in [0.15, 0.2) is 17.1 Å². The average molecular weight is 745 g/mol. The van der Waals surface area contributed by atoms with Gasteiger partial charge in [-0.05, 0) is 54.4 Å². The lowest BCUT2D eigenvalue weighted by Gasteiger charge is -2.20. The number of aromatic nitrogens is 4. The molecule has 12 rings (SSSR count). The minimum atomic E-state index is 0.422. The molecule has 0 amide bonds. The predicted octanol–water partition coefficient (Wildman–Crippen LogP) is 7.07. The molecular weight excluding hydrogens is 693 g/mol. The average Bonchev–Trinajstić information content (AvgIpc) is 4.08. The maximum Gasteiger partial charge on any atom is 0.345 e. The first kappa shape index (κ1) is 35.5. The van der Waals surface area contributed by atoms with E-state index in [1.165, 1.54) is 62.1 Å². The Morgan fingerprint density at radius 3 is 2.18 bits per heavy atom. The number of pyridine rings is 3. The van der Waals surface area contributed by atoms with Gasteiger partial charge in [-0.2, -0.15) is 0 Å². The molecule has 0 saturated heterocycles. The van der Waals surface area contributed by atoms with E-state index in [-0.39, 0.29) is 0 Å². The zero-order valence-corrected chi connectivity index (χ0v) is 33.8. The predicted molar refractivity (Wildman–Crippen MR) is 227 cm³/mol. The first-order valence-corrected chi connectivity index (χ1v) is 19.7. The van der Waals surface area contributed by atoms with E-state index in [2.05, 4.69) is 183 Å². The Hall–Kier alpha value is -6.16. The van der Waals surface area contributed by atoms with Gasteiger partial charge in [0.05, 0.1) is 61.3 Å². The van der Waals surface area contributed by atoms with Gasteiger partial charge in [-0.3, -0.25) is 14.3 Å². The quantitative estimate of drug-likeness (QED) is 0.156. The van der Waals surface area contributed by atoms with Crippen molar-refractivity contribution in [3.05, 3.63) is 127 Å². The summed E-state index contributed by atoms with van der Waals surface area (Å²) in [4.78, 5) is 11.6. The fourth-order valence-corrected chi connectivity index (χ4v) is 8.96. The summed E-state index contributed by atoms with van der Waals surface area (Å²) in [5.41, 5.74) is 16.3. The number of nitrogens with zero attached hydrogens (tertiary/aromatic N) is 10. The van der Waals surface area contributed by atoms with Gasteiger partial charge in [0.25, 0.3) is 11.8 Å². The molecule has 10 nitrogen and oxygen atoms in total. The molecule has 0 saturated carbocycles. The molecule has 6 aliphatic heterocycles. The fraction of sp³-hybridized carbons (Fsp3) is 0.304. The summed E-state index contributed by atoms with van der Waals surface area (Å²) in [7, 11) is 8.52. The summed E-state index contributed by atoms with van der Waals surface area (Å²) in [6, 6.07) is 19.2. The van der Waals surface area contributed by atoms with Crippen LogP contribution in [0.25, 0.3) is 16.7 Å². The zero-order valence-electron chi connectivity index (χ0n) is 33.8. The maximum absolute atomic E-state index is 4.71. The number of amidine groups is 1. The monoisotopic (exact) mass is 744 g/mol. The van der Waals surface area contributed by atoms with Crippen molar-refractivity contribution >= 4 is 62.6 Å². The number of allylic oxidation sites excluding steroid dienone is 2. The number of rotatable bonds is 0. The SMILES string of the molecule is CC1=[N+](C)C2C(C1)N=C1C=CC=CN12.CC1=[N+](C)c2c(cn3ccccc23)C1.CC1=[N+](C)c2cn3ccccc3c2C1.CC1=[N+](C)c2nc3ccccn3c2C1. The van der Waals surface area contributed by atoms with E-state index in [9.17, 15) is 0 Å². The summed E-state index contributed by atoms with van der Waals surface area (Å²) >= 11 is 0. The smallest absolute Gasteiger partial charge is 0.318 e. The number of fused-ring (bicyclic) bond motifs is 12. The Morgan fingerprint density at radius 1 is 0.679 bits per heavy atom. The standard InChI is InChI=1S/2C12H13N2.C11H12N3.C11H14N3/c1-9-7-10-11-5-3-4-6-14(11)8-12(10)13(9)2;1-9-7-10-8-14-6-4-3-5-11(14)12(10)13(9)2;1-8-7-9-11(13(8)2)12-10-5-3-4-6-14(9)10;1-8-7-9-11(13(8)2)14-6-4-3-5-10(14)12-9/h2*3-6,8H,7H2,1-2H3;3-6H,7H2,1-2H3;3-6,9,11H,7H2,1-2H3/q4*+1. The molecule has 0 fully saturated rings. The highest BCUT2D eigenvalue weighted by Crippen LogP contribution is 2.33. The molecule has 10 heteroatoms. The van der Waals surface area contributed by atoms with Gasteiger partial charge in [-0.25, -0.2) is 18.3 Å². The second kappa shape index (κ2) is 13.8. The van der Waals surface area contributed by atoms with Crippen LogP contribution in [0.2, 0.25) is 0 Å². The number of hydrogen-bond donors (Lipinski definition) is 0. The van der Waals surface area contributed by atoms with Crippen molar-refractivity contribution in [1.82, 2.24) is 23.1 Å². The third-order valence-corrected chi connectivity index (χ3v) is 12.4. The van der Waals surface area contributed by atoms with Crippen LogP contribution in [0.15, 0.2) is 115 Å². The van der Waals surface area contributed by atoms with Crippen LogP contribution in [-0.4, -0.2) is 110 Å². The van der Waals surface area contributed by atoms with Crippen molar-refractivity contribution < 1.29 is 18.3 Å². The molecule has 0 aliphatic carbocycles. The van der Waals surface area contributed by atoms with Gasteiger partial charge in [0.1, 0.15) is 44.2 Å². The summed E-state index contributed by atoms with van der Waals surface area (Å²) in [6.07, 6.45) is 23.8. The van der Waals surface area contributed by atoms with Gasteiger partial charge < -0.3 is 8.80 Å². The normalized spacial score (nSPS) is 19.9. The second-order valence-electron chi connectivity index (χ2n) is 15.8. The highest BCUT2D eigenvalue weighted by molar-refractivity contribution is 5.97. The minimum Gasteiger partial charge on any atom is -0.318 e.